The molecule has 0 spiro atoms. The molecule has 1 fully saturated rings. The summed E-state index contributed by atoms with van der Waals surface area (Å²) in [6.07, 6.45) is 10.9. The second kappa shape index (κ2) is 9.16. The summed E-state index contributed by atoms with van der Waals surface area (Å²) in [5.74, 6) is 1.70. The van der Waals surface area contributed by atoms with Gasteiger partial charge in [-0.05, 0) is 48.9 Å². The number of likely N-dealkylation sites (tertiary alicyclic amines) is 1. The maximum atomic E-state index is 4.96. The van der Waals surface area contributed by atoms with Gasteiger partial charge in [0.1, 0.15) is 0 Å². The summed E-state index contributed by atoms with van der Waals surface area (Å²) in [4.78, 5) is 9.75. The third kappa shape index (κ3) is 5.00. The lowest BCUT2D eigenvalue weighted by atomic mass is 10.0. The SMILES string of the molecule is CCNC(=NCc1cccc(N2CC=CC2)c1)N1CCC(Cc2cnn(C)c2)C1. The third-order valence-corrected chi connectivity index (χ3v) is 5.71. The first-order chi connectivity index (χ1) is 14.2. The van der Waals surface area contributed by atoms with Gasteiger partial charge in [0.2, 0.25) is 0 Å². The van der Waals surface area contributed by atoms with Crippen LogP contribution in [0, 0.1) is 5.92 Å². The molecular formula is C23H32N6. The highest BCUT2D eigenvalue weighted by molar-refractivity contribution is 5.80. The molecule has 2 aromatic rings. The lowest BCUT2D eigenvalue weighted by Crippen LogP contribution is -2.40. The zero-order chi connectivity index (χ0) is 20.1. The number of nitrogens with one attached hydrogen (secondary N) is 1. The largest absolute Gasteiger partial charge is 0.364 e. The van der Waals surface area contributed by atoms with E-state index in [0.29, 0.717) is 12.5 Å². The van der Waals surface area contributed by atoms with Gasteiger partial charge in [-0.2, -0.15) is 5.10 Å². The molecule has 1 unspecified atom stereocenters. The Morgan fingerprint density at radius 1 is 1.24 bits per heavy atom. The molecular weight excluding hydrogens is 360 g/mol. The number of hydrogen-bond acceptors (Lipinski definition) is 3. The number of aryl methyl sites for hydroxylation is 1. The Kier molecular flexibility index (Phi) is 6.17. The lowest BCUT2D eigenvalue weighted by molar-refractivity contribution is 0.460. The second-order valence-electron chi connectivity index (χ2n) is 8.04. The molecule has 1 N–H and O–H groups in total. The normalized spacial score (nSPS) is 19.4. The minimum absolute atomic E-state index is 0.661. The zero-order valence-electron chi connectivity index (χ0n) is 17.6. The molecule has 2 aliphatic rings. The zero-order valence-corrected chi connectivity index (χ0v) is 17.6. The van der Waals surface area contributed by atoms with Crippen molar-refractivity contribution in [1.82, 2.24) is 20.0 Å². The van der Waals surface area contributed by atoms with E-state index in [-0.39, 0.29) is 0 Å². The number of aliphatic imine (C=N–C) groups is 1. The standard InChI is InChI=1S/C23H32N6/c1-3-24-23(29-12-9-20(18-29)13-21-16-26-27(2)17-21)25-15-19-7-6-8-22(14-19)28-10-4-5-11-28/h4-8,14,16-17,20H,3,9-13,15,18H2,1-2H3,(H,24,25). The van der Waals surface area contributed by atoms with Gasteiger partial charge in [-0.25, -0.2) is 4.99 Å². The van der Waals surface area contributed by atoms with Crippen molar-refractivity contribution in [1.29, 1.82) is 0 Å². The molecule has 2 aliphatic heterocycles. The summed E-state index contributed by atoms with van der Waals surface area (Å²) in [6, 6.07) is 8.78. The Morgan fingerprint density at radius 3 is 2.86 bits per heavy atom. The predicted octanol–water partition coefficient (Wildman–Crippen LogP) is 2.83. The highest BCUT2D eigenvalue weighted by Gasteiger charge is 2.25. The van der Waals surface area contributed by atoms with Gasteiger partial charge in [0.15, 0.2) is 5.96 Å². The third-order valence-electron chi connectivity index (χ3n) is 5.71. The van der Waals surface area contributed by atoms with Gasteiger partial charge in [0.05, 0.1) is 12.7 Å². The highest BCUT2D eigenvalue weighted by atomic mass is 15.3. The van der Waals surface area contributed by atoms with E-state index in [1.807, 2.05) is 17.9 Å². The Bertz CT molecular complexity index is 860. The van der Waals surface area contributed by atoms with Crippen molar-refractivity contribution in [2.75, 3.05) is 37.6 Å². The molecule has 1 saturated heterocycles. The molecule has 1 aromatic heterocycles. The molecule has 29 heavy (non-hydrogen) atoms. The molecule has 0 saturated carbocycles. The quantitative estimate of drug-likeness (QED) is 0.467. The van der Waals surface area contributed by atoms with Crippen LogP contribution in [0.15, 0.2) is 53.8 Å². The van der Waals surface area contributed by atoms with Gasteiger partial charge in [0.25, 0.3) is 0 Å². The number of nitrogens with zero attached hydrogens (tertiary/aromatic N) is 5. The van der Waals surface area contributed by atoms with Crippen molar-refractivity contribution in [2.45, 2.75) is 26.3 Å². The molecule has 6 heteroatoms. The Hall–Kier alpha value is -2.76. The Balaban J connectivity index is 1.38. The predicted molar refractivity (Wildman–Crippen MR) is 119 cm³/mol. The summed E-state index contributed by atoms with van der Waals surface area (Å²) >= 11 is 0. The van der Waals surface area contributed by atoms with Gasteiger partial charge in [0, 0.05) is 51.7 Å². The first-order valence-electron chi connectivity index (χ1n) is 10.7. The fourth-order valence-corrected chi connectivity index (χ4v) is 4.23. The molecule has 0 bridgehead atoms. The van der Waals surface area contributed by atoms with Crippen molar-refractivity contribution in [3.63, 3.8) is 0 Å². The van der Waals surface area contributed by atoms with E-state index in [1.165, 1.54) is 23.2 Å². The molecule has 0 amide bonds. The van der Waals surface area contributed by atoms with Crippen molar-refractivity contribution < 1.29 is 0 Å². The van der Waals surface area contributed by atoms with E-state index >= 15 is 0 Å². The van der Waals surface area contributed by atoms with E-state index in [0.717, 1.165) is 45.1 Å². The molecule has 0 radical (unpaired) electrons. The summed E-state index contributed by atoms with van der Waals surface area (Å²) in [6.45, 7) is 7.86. The fourth-order valence-electron chi connectivity index (χ4n) is 4.23. The highest BCUT2D eigenvalue weighted by Crippen LogP contribution is 2.22. The van der Waals surface area contributed by atoms with Crippen LogP contribution in [-0.2, 0) is 20.0 Å². The monoisotopic (exact) mass is 392 g/mol. The smallest absolute Gasteiger partial charge is 0.194 e. The number of hydrogen-bond donors (Lipinski definition) is 1. The van der Waals surface area contributed by atoms with E-state index in [2.05, 4.69) is 69.8 Å². The number of rotatable bonds is 6. The van der Waals surface area contributed by atoms with Gasteiger partial charge >= 0.3 is 0 Å². The average molecular weight is 393 g/mol. The fraction of sp³-hybridized carbons (Fsp3) is 0.478. The van der Waals surface area contributed by atoms with E-state index < -0.39 is 0 Å². The van der Waals surface area contributed by atoms with Crippen molar-refractivity contribution in [3.05, 3.63) is 59.9 Å². The van der Waals surface area contributed by atoms with E-state index in [4.69, 9.17) is 4.99 Å². The lowest BCUT2D eigenvalue weighted by Gasteiger charge is -2.22. The minimum Gasteiger partial charge on any atom is -0.364 e. The number of aromatic nitrogens is 2. The van der Waals surface area contributed by atoms with Crippen LogP contribution < -0.4 is 10.2 Å². The van der Waals surface area contributed by atoms with Crippen LogP contribution in [0.4, 0.5) is 5.69 Å². The molecule has 4 rings (SSSR count). The van der Waals surface area contributed by atoms with Crippen LogP contribution in [0.25, 0.3) is 0 Å². The summed E-state index contributed by atoms with van der Waals surface area (Å²) in [7, 11) is 1.98. The molecule has 6 nitrogen and oxygen atoms in total. The maximum absolute atomic E-state index is 4.96. The first kappa shape index (κ1) is 19.6. The minimum atomic E-state index is 0.661. The van der Waals surface area contributed by atoms with Gasteiger partial charge in [-0.3, -0.25) is 4.68 Å². The molecule has 1 aromatic carbocycles. The van der Waals surface area contributed by atoms with Crippen LogP contribution in [0.3, 0.4) is 0 Å². The first-order valence-corrected chi connectivity index (χ1v) is 10.7. The number of guanidine groups is 1. The van der Waals surface area contributed by atoms with Crippen molar-refractivity contribution in [2.24, 2.45) is 18.0 Å². The summed E-state index contributed by atoms with van der Waals surface area (Å²) in [5.41, 5.74) is 3.87. The average Bonchev–Trinajstić information content (AvgIpc) is 3.48. The topological polar surface area (TPSA) is 48.7 Å². The molecule has 1 atom stereocenters. The van der Waals surface area contributed by atoms with Gasteiger partial charge < -0.3 is 15.1 Å². The van der Waals surface area contributed by atoms with Crippen molar-refractivity contribution in [3.8, 4) is 0 Å². The number of anilines is 1. The van der Waals surface area contributed by atoms with Crippen LogP contribution in [-0.4, -0.2) is 53.4 Å². The van der Waals surface area contributed by atoms with Crippen molar-refractivity contribution >= 4 is 11.6 Å². The Morgan fingerprint density at radius 2 is 2.10 bits per heavy atom. The van der Waals surface area contributed by atoms with Crippen LogP contribution >= 0.6 is 0 Å². The number of benzene rings is 1. The molecule has 3 heterocycles. The van der Waals surface area contributed by atoms with E-state index in [1.54, 1.807) is 0 Å². The van der Waals surface area contributed by atoms with Crippen LogP contribution in [0.1, 0.15) is 24.5 Å². The Labute approximate surface area is 173 Å². The van der Waals surface area contributed by atoms with Crippen LogP contribution in [0.2, 0.25) is 0 Å². The van der Waals surface area contributed by atoms with Gasteiger partial charge in [-0.15, -0.1) is 0 Å². The maximum Gasteiger partial charge on any atom is 0.194 e. The summed E-state index contributed by atoms with van der Waals surface area (Å²) < 4.78 is 1.89. The van der Waals surface area contributed by atoms with Crippen LogP contribution in [0.5, 0.6) is 0 Å². The van der Waals surface area contributed by atoms with E-state index in [9.17, 15) is 0 Å². The second-order valence-corrected chi connectivity index (χ2v) is 8.04. The van der Waals surface area contributed by atoms with Gasteiger partial charge in [-0.1, -0.05) is 24.3 Å². The molecule has 0 aliphatic carbocycles. The molecule has 154 valence electrons. The summed E-state index contributed by atoms with van der Waals surface area (Å²) in [5, 5.41) is 7.79.